The predicted octanol–water partition coefficient (Wildman–Crippen LogP) is 4.35. The number of hydrogen-bond donors (Lipinski definition) is 2. The first-order chi connectivity index (χ1) is 14.0. The molecule has 6 nitrogen and oxygen atoms in total. The Kier molecular flexibility index (Phi) is 6.68. The maximum atomic E-state index is 12.1. The Balaban J connectivity index is 1.46. The summed E-state index contributed by atoms with van der Waals surface area (Å²) in [5.74, 6) is 0.803. The van der Waals surface area contributed by atoms with Crippen molar-refractivity contribution in [2.45, 2.75) is 26.3 Å². The first-order valence-corrected chi connectivity index (χ1v) is 9.44. The van der Waals surface area contributed by atoms with Crippen LogP contribution in [0.2, 0.25) is 0 Å². The summed E-state index contributed by atoms with van der Waals surface area (Å²) >= 11 is 0. The Morgan fingerprint density at radius 3 is 2.52 bits per heavy atom. The van der Waals surface area contributed by atoms with Gasteiger partial charge < -0.3 is 19.8 Å². The van der Waals surface area contributed by atoms with Crippen LogP contribution in [0.4, 0.5) is 5.69 Å². The number of furan rings is 1. The molecule has 2 N–H and O–H groups in total. The maximum Gasteiger partial charge on any atom is 0.291 e. The van der Waals surface area contributed by atoms with Crippen LogP contribution in [-0.4, -0.2) is 18.4 Å². The zero-order valence-electron chi connectivity index (χ0n) is 16.5. The lowest BCUT2D eigenvalue weighted by molar-refractivity contribution is -0.123. The molecule has 6 heteroatoms. The zero-order valence-corrected chi connectivity index (χ0v) is 16.5. The molecule has 0 bridgehead atoms. The third-order valence-corrected chi connectivity index (χ3v) is 4.34. The summed E-state index contributed by atoms with van der Waals surface area (Å²) in [5, 5.41) is 5.57. The molecule has 150 valence electrons. The highest BCUT2D eigenvalue weighted by atomic mass is 16.5. The molecule has 0 spiro atoms. The zero-order chi connectivity index (χ0) is 20.6. The number of benzene rings is 2. The summed E-state index contributed by atoms with van der Waals surface area (Å²) in [6.07, 6.45) is 1.45. The average molecular weight is 392 g/mol. The highest BCUT2D eigenvalue weighted by molar-refractivity contribution is 6.02. The maximum absolute atomic E-state index is 12.1. The van der Waals surface area contributed by atoms with E-state index in [2.05, 4.69) is 24.5 Å². The van der Waals surface area contributed by atoms with Gasteiger partial charge in [0.15, 0.2) is 12.4 Å². The minimum atomic E-state index is -0.326. The molecule has 0 fully saturated rings. The second kappa shape index (κ2) is 9.59. The molecule has 29 heavy (non-hydrogen) atoms. The van der Waals surface area contributed by atoms with Crippen LogP contribution < -0.4 is 15.4 Å². The third kappa shape index (κ3) is 5.97. The van der Waals surface area contributed by atoms with Crippen molar-refractivity contribution in [3.8, 4) is 5.75 Å². The van der Waals surface area contributed by atoms with Crippen LogP contribution in [0.5, 0.6) is 5.75 Å². The van der Waals surface area contributed by atoms with Crippen molar-refractivity contribution in [2.75, 3.05) is 11.9 Å². The van der Waals surface area contributed by atoms with Gasteiger partial charge in [-0.2, -0.15) is 0 Å². The van der Waals surface area contributed by atoms with Gasteiger partial charge in [-0.05, 0) is 53.4 Å². The van der Waals surface area contributed by atoms with Gasteiger partial charge in [-0.15, -0.1) is 0 Å². The van der Waals surface area contributed by atoms with E-state index in [1.165, 1.54) is 11.8 Å². The Bertz CT molecular complexity index is 947. The fourth-order valence-corrected chi connectivity index (χ4v) is 2.71. The minimum Gasteiger partial charge on any atom is -0.484 e. The van der Waals surface area contributed by atoms with E-state index in [0.29, 0.717) is 23.9 Å². The fraction of sp³-hybridized carbons (Fsp3) is 0.217. The quantitative estimate of drug-likeness (QED) is 0.597. The number of rotatable bonds is 8. The van der Waals surface area contributed by atoms with Gasteiger partial charge in [-0.25, -0.2) is 0 Å². The van der Waals surface area contributed by atoms with Gasteiger partial charge in [0, 0.05) is 12.2 Å². The first kappa shape index (κ1) is 20.2. The van der Waals surface area contributed by atoms with Gasteiger partial charge >= 0.3 is 0 Å². The van der Waals surface area contributed by atoms with Crippen LogP contribution in [-0.2, 0) is 11.3 Å². The van der Waals surface area contributed by atoms with Crippen LogP contribution >= 0.6 is 0 Å². The number of nitrogens with one attached hydrogen (secondary N) is 2. The molecule has 0 aliphatic rings. The summed E-state index contributed by atoms with van der Waals surface area (Å²) in [7, 11) is 0. The monoisotopic (exact) mass is 392 g/mol. The number of carbonyl (C=O) groups is 2. The van der Waals surface area contributed by atoms with Gasteiger partial charge in [0.2, 0.25) is 0 Å². The highest BCUT2D eigenvalue weighted by Crippen LogP contribution is 2.18. The largest absolute Gasteiger partial charge is 0.484 e. The first-order valence-electron chi connectivity index (χ1n) is 9.44. The predicted molar refractivity (Wildman–Crippen MR) is 111 cm³/mol. The van der Waals surface area contributed by atoms with Crippen molar-refractivity contribution in [3.05, 3.63) is 83.8 Å². The molecule has 2 aromatic carbocycles. The molecule has 3 aromatic rings. The Labute approximate surface area is 169 Å². The summed E-state index contributed by atoms with van der Waals surface area (Å²) in [6, 6.07) is 18.2. The van der Waals surface area contributed by atoms with Gasteiger partial charge in [0.05, 0.1) is 6.26 Å². The normalized spacial score (nSPS) is 10.6. The smallest absolute Gasteiger partial charge is 0.291 e. The average Bonchev–Trinajstić information content (AvgIpc) is 3.26. The molecule has 1 aromatic heterocycles. The minimum absolute atomic E-state index is 0.0596. The summed E-state index contributed by atoms with van der Waals surface area (Å²) in [6.45, 7) is 4.52. The SMILES string of the molecule is CC(C)c1ccc(OCC(=O)NCc2cccc(NC(=O)c3ccco3)c2)cc1. The molecule has 2 amide bonds. The standard InChI is InChI=1S/C23H24N2O4/c1-16(2)18-8-10-20(11-9-18)29-15-22(26)24-14-17-5-3-6-19(13-17)25-23(27)21-7-4-12-28-21/h3-13,16H,14-15H2,1-2H3,(H,24,26)(H,25,27). The van der Waals surface area contributed by atoms with E-state index in [-0.39, 0.29) is 24.2 Å². The highest BCUT2D eigenvalue weighted by Gasteiger charge is 2.09. The van der Waals surface area contributed by atoms with Crippen molar-refractivity contribution in [1.29, 1.82) is 0 Å². The van der Waals surface area contributed by atoms with Crippen LogP contribution in [0, 0.1) is 0 Å². The molecule has 0 atom stereocenters. The summed E-state index contributed by atoms with van der Waals surface area (Å²) < 4.78 is 10.6. The number of amides is 2. The van der Waals surface area contributed by atoms with Gasteiger partial charge in [0.25, 0.3) is 11.8 Å². The molecule has 0 aliphatic carbocycles. The fourth-order valence-electron chi connectivity index (χ4n) is 2.71. The number of carbonyl (C=O) groups excluding carboxylic acids is 2. The molecule has 0 aliphatic heterocycles. The third-order valence-electron chi connectivity index (χ3n) is 4.34. The Hall–Kier alpha value is -3.54. The van der Waals surface area contributed by atoms with E-state index in [1.807, 2.05) is 36.4 Å². The number of hydrogen-bond acceptors (Lipinski definition) is 4. The van der Waals surface area contributed by atoms with Crippen molar-refractivity contribution < 1.29 is 18.7 Å². The van der Waals surface area contributed by atoms with Gasteiger partial charge in [-0.1, -0.05) is 38.1 Å². The van der Waals surface area contributed by atoms with E-state index in [0.717, 1.165) is 5.56 Å². The summed E-state index contributed by atoms with van der Waals surface area (Å²) in [4.78, 5) is 24.1. The van der Waals surface area contributed by atoms with Crippen molar-refractivity contribution in [2.24, 2.45) is 0 Å². The van der Waals surface area contributed by atoms with Crippen molar-refractivity contribution >= 4 is 17.5 Å². The van der Waals surface area contributed by atoms with Gasteiger partial charge in [-0.3, -0.25) is 9.59 Å². The Morgan fingerprint density at radius 2 is 1.83 bits per heavy atom. The molecule has 0 radical (unpaired) electrons. The lowest BCUT2D eigenvalue weighted by Gasteiger charge is -2.10. The number of anilines is 1. The lowest BCUT2D eigenvalue weighted by atomic mass is 10.0. The van der Waals surface area contributed by atoms with Gasteiger partial charge in [0.1, 0.15) is 5.75 Å². The molecule has 0 saturated heterocycles. The van der Waals surface area contributed by atoms with E-state index < -0.39 is 0 Å². The summed E-state index contributed by atoms with van der Waals surface area (Å²) in [5.41, 5.74) is 2.71. The molecule has 0 saturated carbocycles. The van der Waals surface area contributed by atoms with Crippen LogP contribution in [0.25, 0.3) is 0 Å². The molecular formula is C23H24N2O4. The van der Waals surface area contributed by atoms with Crippen molar-refractivity contribution in [3.63, 3.8) is 0 Å². The molecule has 1 heterocycles. The molecule has 3 rings (SSSR count). The lowest BCUT2D eigenvalue weighted by Crippen LogP contribution is -2.28. The second-order valence-corrected chi connectivity index (χ2v) is 6.92. The Morgan fingerprint density at radius 1 is 1.03 bits per heavy atom. The molecular weight excluding hydrogens is 368 g/mol. The van der Waals surface area contributed by atoms with Crippen molar-refractivity contribution in [1.82, 2.24) is 5.32 Å². The van der Waals surface area contributed by atoms with Crippen LogP contribution in [0.3, 0.4) is 0 Å². The molecule has 0 unspecified atom stereocenters. The van der Waals surface area contributed by atoms with E-state index in [1.54, 1.807) is 24.3 Å². The second-order valence-electron chi connectivity index (χ2n) is 6.92. The topological polar surface area (TPSA) is 80.6 Å². The van der Waals surface area contributed by atoms with Crippen LogP contribution in [0.1, 0.15) is 41.4 Å². The number of ether oxygens (including phenoxy) is 1. The van der Waals surface area contributed by atoms with E-state index in [9.17, 15) is 9.59 Å². The van der Waals surface area contributed by atoms with Crippen LogP contribution in [0.15, 0.2) is 71.3 Å². The van der Waals surface area contributed by atoms with E-state index >= 15 is 0 Å². The van der Waals surface area contributed by atoms with E-state index in [4.69, 9.17) is 9.15 Å².